The molecule has 1 amide bonds. The molecule has 1 fully saturated rings. The van der Waals surface area contributed by atoms with Crippen molar-refractivity contribution in [2.24, 2.45) is 5.92 Å². The monoisotopic (exact) mass is 298 g/mol. The van der Waals surface area contributed by atoms with Gasteiger partial charge in [0.25, 0.3) is 0 Å². The number of nitrogens with zero attached hydrogens (tertiary/aromatic N) is 2. The van der Waals surface area contributed by atoms with Crippen molar-refractivity contribution in [2.75, 3.05) is 6.54 Å². The third-order valence-electron chi connectivity index (χ3n) is 4.58. The van der Waals surface area contributed by atoms with Crippen molar-refractivity contribution in [3.63, 3.8) is 0 Å². The molecule has 1 aliphatic heterocycles. The summed E-state index contributed by atoms with van der Waals surface area (Å²) in [6.07, 6.45) is 3.90. The number of hydrogen-bond donors (Lipinski definition) is 0. The number of rotatable bonds is 3. The number of fused-ring (bicyclic) bond motifs is 1. The number of likely N-dealkylation sites (tertiary alicyclic amines) is 1. The molecule has 116 valence electrons. The van der Waals surface area contributed by atoms with Gasteiger partial charge in [-0.2, -0.15) is 0 Å². The van der Waals surface area contributed by atoms with E-state index in [1.165, 1.54) is 0 Å². The maximum absolute atomic E-state index is 12.7. The maximum atomic E-state index is 12.7. The molecule has 0 saturated carbocycles. The lowest BCUT2D eigenvalue weighted by Crippen LogP contribution is -2.40. The molecule has 0 N–H and O–H groups in total. The van der Waals surface area contributed by atoms with Gasteiger partial charge in [0.05, 0.1) is 5.52 Å². The molecule has 2 aromatic rings. The largest absolute Gasteiger partial charge is 0.338 e. The highest BCUT2D eigenvalue weighted by molar-refractivity contribution is 5.82. The van der Waals surface area contributed by atoms with Crippen LogP contribution < -0.4 is 5.43 Å². The Hall–Kier alpha value is -2.10. The number of aromatic nitrogens is 1. The molecule has 22 heavy (non-hydrogen) atoms. The van der Waals surface area contributed by atoms with Gasteiger partial charge in [-0.3, -0.25) is 9.59 Å². The predicted molar refractivity (Wildman–Crippen MR) is 87.8 cm³/mol. The SMILES string of the molecule is CC(C)[C@H]1CCCN1C(=O)Cn1ccc(=O)c2ccccc21. The fourth-order valence-corrected chi connectivity index (χ4v) is 3.43. The minimum absolute atomic E-state index is 0.000489. The summed E-state index contributed by atoms with van der Waals surface area (Å²) in [5.74, 6) is 0.627. The van der Waals surface area contributed by atoms with E-state index in [0.29, 0.717) is 23.9 Å². The zero-order chi connectivity index (χ0) is 15.7. The Morgan fingerprint density at radius 1 is 1.27 bits per heavy atom. The molecule has 3 rings (SSSR count). The van der Waals surface area contributed by atoms with Gasteiger partial charge in [0.2, 0.25) is 5.91 Å². The first-order chi connectivity index (χ1) is 10.6. The molecule has 1 atom stereocenters. The van der Waals surface area contributed by atoms with E-state index in [1.807, 2.05) is 33.7 Å². The van der Waals surface area contributed by atoms with Gasteiger partial charge in [0.15, 0.2) is 5.43 Å². The quantitative estimate of drug-likeness (QED) is 0.874. The number of carbonyl (C=O) groups excluding carboxylic acids is 1. The van der Waals surface area contributed by atoms with Crippen molar-refractivity contribution >= 4 is 16.8 Å². The summed E-state index contributed by atoms with van der Waals surface area (Å²) in [5.41, 5.74) is 0.823. The Kier molecular flexibility index (Phi) is 4.01. The highest BCUT2D eigenvalue weighted by Gasteiger charge is 2.30. The molecule has 2 heterocycles. The van der Waals surface area contributed by atoms with E-state index >= 15 is 0 Å². The summed E-state index contributed by atoms with van der Waals surface area (Å²) in [6.45, 7) is 5.49. The molecule has 1 saturated heterocycles. The molecule has 1 aliphatic rings. The predicted octanol–water partition coefficient (Wildman–Crippen LogP) is 2.65. The highest BCUT2D eigenvalue weighted by atomic mass is 16.2. The van der Waals surface area contributed by atoms with Crippen LogP contribution in [0.4, 0.5) is 0 Å². The Morgan fingerprint density at radius 3 is 2.82 bits per heavy atom. The summed E-state index contributed by atoms with van der Waals surface area (Å²) in [7, 11) is 0. The van der Waals surface area contributed by atoms with Crippen LogP contribution in [0.5, 0.6) is 0 Å². The van der Waals surface area contributed by atoms with Crippen LogP contribution >= 0.6 is 0 Å². The van der Waals surface area contributed by atoms with Crippen LogP contribution in [-0.4, -0.2) is 28.0 Å². The van der Waals surface area contributed by atoms with Gasteiger partial charge in [-0.05, 0) is 30.9 Å². The number of amides is 1. The second-order valence-electron chi connectivity index (χ2n) is 6.37. The normalized spacial score (nSPS) is 18.3. The Balaban J connectivity index is 1.89. The molecule has 0 spiro atoms. The topological polar surface area (TPSA) is 42.3 Å². The number of carbonyl (C=O) groups is 1. The van der Waals surface area contributed by atoms with Crippen molar-refractivity contribution in [2.45, 2.75) is 39.3 Å². The van der Waals surface area contributed by atoms with Gasteiger partial charge in [-0.1, -0.05) is 26.0 Å². The van der Waals surface area contributed by atoms with Crippen molar-refractivity contribution < 1.29 is 4.79 Å². The first-order valence-corrected chi connectivity index (χ1v) is 7.95. The van der Waals surface area contributed by atoms with Crippen molar-refractivity contribution in [3.8, 4) is 0 Å². The van der Waals surface area contributed by atoms with E-state index in [9.17, 15) is 9.59 Å². The lowest BCUT2D eigenvalue weighted by molar-refractivity contribution is -0.133. The molecule has 0 radical (unpaired) electrons. The smallest absolute Gasteiger partial charge is 0.242 e. The Morgan fingerprint density at radius 2 is 2.05 bits per heavy atom. The Bertz CT molecular complexity index is 748. The molecule has 0 unspecified atom stereocenters. The fourth-order valence-electron chi connectivity index (χ4n) is 3.43. The summed E-state index contributed by atoms with van der Waals surface area (Å²) >= 11 is 0. The fraction of sp³-hybridized carbons (Fsp3) is 0.444. The molecule has 1 aromatic carbocycles. The van der Waals surface area contributed by atoms with E-state index in [-0.39, 0.29) is 11.3 Å². The summed E-state index contributed by atoms with van der Waals surface area (Å²) in [5, 5.41) is 0.666. The number of pyridine rings is 1. The van der Waals surface area contributed by atoms with Crippen LogP contribution in [0.1, 0.15) is 26.7 Å². The molecular weight excluding hydrogens is 276 g/mol. The lowest BCUT2D eigenvalue weighted by Gasteiger charge is -2.28. The molecule has 4 nitrogen and oxygen atoms in total. The van der Waals surface area contributed by atoms with Gasteiger partial charge < -0.3 is 9.47 Å². The van der Waals surface area contributed by atoms with Gasteiger partial charge in [0, 0.05) is 30.2 Å². The number of benzene rings is 1. The van der Waals surface area contributed by atoms with Crippen LogP contribution in [0.3, 0.4) is 0 Å². The third-order valence-corrected chi connectivity index (χ3v) is 4.58. The molecule has 4 heteroatoms. The van der Waals surface area contributed by atoms with Gasteiger partial charge in [0.1, 0.15) is 6.54 Å². The summed E-state index contributed by atoms with van der Waals surface area (Å²) < 4.78 is 1.88. The average Bonchev–Trinajstić information content (AvgIpc) is 3.00. The first kappa shape index (κ1) is 14.8. The van der Waals surface area contributed by atoms with Gasteiger partial charge in [-0.15, -0.1) is 0 Å². The summed E-state index contributed by atoms with van der Waals surface area (Å²) in [4.78, 5) is 26.6. The van der Waals surface area contributed by atoms with Crippen molar-refractivity contribution in [1.29, 1.82) is 0 Å². The molecule has 1 aromatic heterocycles. The highest BCUT2D eigenvalue weighted by Crippen LogP contribution is 2.24. The standard InChI is InChI=1S/C18H22N2O2/c1-13(2)15-8-5-10-20(15)18(22)12-19-11-9-17(21)14-6-3-4-7-16(14)19/h3-4,6-7,9,11,13,15H,5,8,10,12H2,1-2H3/t15-/m1/s1. The Labute approximate surface area is 130 Å². The van der Waals surface area contributed by atoms with Crippen LogP contribution in [0, 0.1) is 5.92 Å². The van der Waals surface area contributed by atoms with Crippen LogP contribution in [-0.2, 0) is 11.3 Å². The van der Waals surface area contributed by atoms with Gasteiger partial charge in [-0.25, -0.2) is 0 Å². The zero-order valence-electron chi connectivity index (χ0n) is 13.2. The second-order valence-corrected chi connectivity index (χ2v) is 6.37. The summed E-state index contributed by atoms with van der Waals surface area (Å²) in [6, 6.07) is 9.35. The van der Waals surface area contributed by atoms with Crippen LogP contribution in [0.15, 0.2) is 41.3 Å². The van der Waals surface area contributed by atoms with E-state index in [1.54, 1.807) is 12.3 Å². The van der Waals surface area contributed by atoms with Crippen molar-refractivity contribution in [1.82, 2.24) is 9.47 Å². The average molecular weight is 298 g/mol. The maximum Gasteiger partial charge on any atom is 0.242 e. The van der Waals surface area contributed by atoms with Crippen LogP contribution in [0.25, 0.3) is 10.9 Å². The lowest BCUT2D eigenvalue weighted by atomic mass is 10.0. The minimum atomic E-state index is 0.000489. The molecule has 0 bridgehead atoms. The molecular formula is C18H22N2O2. The molecule has 0 aliphatic carbocycles. The number of hydrogen-bond acceptors (Lipinski definition) is 2. The van der Waals surface area contributed by atoms with E-state index < -0.39 is 0 Å². The number of para-hydroxylation sites is 1. The van der Waals surface area contributed by atoms with E-state index in [2.05, 4.69) is 13.8 Å². The van der Waals surface area contributed by atoms with Gasteiger partial charge >= 0.3 is 0 Å². The zero-order valence-corrected chi connectivity index (χ0v) is 13.2. The first-order valence-electron chi connectivity index (χ1n) is 7.95. The van der Waals surface area contributed by atoms with E-state index in [0.717, 1.165) is 24.9 Å². The van der Waals surface area contributed by atoms with Crippen LogP contribution in [0.2, 0.25) is 0 Å². The van der Waals surface area contributed by atoms with E-state index in [4.69, 9.17) is 0 Å². The second kappa shape index (κ2) is 5.95. The van der Waals surface area contributed by atoms with Crippen molar-refractivity contribution in [3.05, 3.63) is 46.8 Å². The minimum Gasteiger partial charge on any atom is -0.338 e. The third kappa shape index (κ3) is 2.65.